The number of nitrogens with zero attached hydrogens (tertiary/aromatic N) is 3. The molecule has 0 spiro atoms. The molecule has 1 amide bonds. The van der Waals surface area contributed by atoms with Gasteiger partial charge in [-0.2, -0.15) is 0 Å². The van der Waals surface area contributed by atoms with Crippen molar-refractivity contribution in [3.05, 3.63) is 41.2 Å². The average Bonchev–Trinajstić information content (AvgIpc) is 2.78. The molecular weight excluding hydrogens is 422 g/mol. The molecule has 2 aromatic rings. The Morgan fingerprint density at radius 1 is 1.12 bits per heavy atom. The van der Waals surface area contributed by atoms with Gasteiger partial charge < -0.3 is 23.8 Å². The smallest absolute Gasteiger partial charge is 0.415 e. The first kappa shape index (κ1) is 24.6. The minimum absolute atomic E-state index is 0.229. The molecule has 0 bridgehead atoms. The Bertz CT molecular complexity index is 981. The van der Waals surface area contributed by atoms with Gasteiger partial charge in [-0.05, 0) is 40.7 Å². The fourth-order valence-electron chi connectivity index (χ4n) is 3.80. The van der Waals surface area contributed by atoms with E-state index in [-0.39, 0.29) is 6.54 Å². The number of methoxy groups -OCH3 is 2. The predicted octanol–water partition coefficient (Wildman–Crippen LogP) is 4.49. The van der Waals surface area contributed by atoms with Gasteiger partial charge in [0.25, 0.3) is 0 Å². The highest BCUT2D eigenvalue weighted by Gasteiger charge is 2.27. The van der Waals surface area contributed by atoms with E-state index in [9.17, 15) is 4.79 Å². The Kier molecular flexibility index (Phi) is 7.68. The third-order valence-corrected chi connectivity index (χ3v) is 5.47. The van der Waals surface area contributed by atoms with Crippen LogP contribution in [0.4, 0.5) is 16.2 Å². The Morgan fingerprint density at radius 3 is 2.42 bits per heavy atom. The Morgan fingerprint density at radius 2 is 1.82 bits per heavy atom. The highest BCUT2D eigenvalue weighted by molar-refractivity contribution is 5.89. The van der Waals surface area contributed by atoms with Gasteiger partial charge in [0, 0.05) is 48.2 Å². The monoisotopic (exact) mass is 457 g/mol. The molecule has 2 heterocycles. The van der Waals surface area contributed by atoms with Gasteiger partial charge in [0.2, 0.25) is 0 Å². The largest absolute Gasteiger partial charge is 0.497 e. The van der Waals surface area contributed by atoms with Crippen molar-refractivity contribution in [2.45, 2.75) is 46.8 Å². The number of anilines is 2. The molecule has 1 saturated heterocycles. The highest BCUT2D eigenvalue weighted by Crippen LogP contribution is 2.33. The summed E-state index contributed by atoms with van der Waals surface area (Å²) in [7, 11) is 3.26. The molecule has 0 unspecified atom stereocenters. The molecule has 8 nitrogen and oxygen atoms in total. The van der Waals surface area contributed by atoms with Crippen LogP contribution in [0, 0.1) is 13.8 Å². The zero-order valence-corrected chi connectivity index (χ0v) is 20.7. The molecule has 0 aliphatic carbocycles. The van der Waals surface area contributed by atoms with Crippen LogP contribution in [0.1, 0.15) is 37.6 Å². The van der Waals surface area contributed by atoms with Gasteiger partial charge in [0.05, 0.1) is 45.4 Å². The van der Waals surface area contributed by atoms with E-state index >= 15 is 0 Å². The summed E-state index contributed by atoms with van der Waals surface area (Å²) < 4.78 is 22.4. The molecule has 0 N–H and O–H groups in total. The number of amides is 1. The van der Waals surface area contributed by atoms with Gasteiger partial charge in [-0.25, -0.2) is 4.79 Å². The molecule has 0 saturated carbocycles. The van der Waals surface area contributed by atoms with Gasteiger partial charge in [0.1, 0.15) is 17.1 Å². The second-order valence-corrected chi connectivity index (χ2v) is 9.10. The first-order chi connectivity index (χ1) is 15.6. The number of benzene rings is 1. The molecular formula is C25H35N3O5. The lowest BCUT2D eigenvalue weighted by molar-refractivity contribution is 0.0577. The number of rotatable bonds is 6. The molecule has 33 heavy (non-hydrogen) atoms. The number of aryl methyl sites for hydroxylation is 1. The molecule has 1 aromatic heterocycles. The molecule has 1 aliphatic heterocycles. The van der Waals surface area contributed by atoms with Crippen molar-refractivity contribution < 1.29 is 23.7 Å². The summed E-state index contributed by atoms with van der Waals surface area (Å²) in [4.78, 5) is 21.8. The second kappa shape index (κ2) is 10.3. The zero-order chi connectivity index (χ0) is 24.2. The number of hydrogen-bond donors (Lipinski definition) is 0. The van der Waals surface area contributed by atoms with Crippen molar-refractivity contribution in [3.63, 3.8) is 0 Å². The maximum Gasteiger partial charge on any atom is 0.415 e. The fraction of sp³-hybridized carbons (Fsp3) is 0.520. The summed E-state index contributed by atoms with van der Waals surface area (Å²) in [6.45, 7) is 12.6. The van der Waals surface area contributed by atoms with Gasteiger partial charge in [-0.15, -0.1) is 0 Å². The number of morpholine rings is 1. The first-order valence-corrected chi connectivity index (χ1v) is 11.1. The number of carbonyl (C=O) groups excluding carboxylic acids is 1. The standard InChI is InChI=1S/C25H35N3O5/c1-17-15-26-22(18(2)23(17)31-7)16-28(24(29)33-25(3,4)5)20-12-19(13-21(14-20)30-6)27-8-10-32-11-9-27/h12-15H,8-11,16H2,1-7H3. The normalized spacial score (nSPS) is 14.1. The van der Waals surface area contributed by atoms with Crippen LogP contribution in [-0.2, 0) is 16.0 Å². The number of hydrogen-bond acceptors (Lipinski definition) is 7. The Balaban J connectivity index is 2.05. The Hall–Kier alpha value is -3.00. The van der Waals surface area contributed by atoms with Crippen molar-refractivity contribution in [1.29, 1.82) is 0 Å². The summed E-state index contributed by atoms with van der Waals surface area (Å²) in [5, 5.41) is 0. The second-order valence-electron chi connectivity index (χ2n) is 9.10. The fourth-order valence-corrected chi connectivity index (χ4v) is 3.80. The number of ether oxygens (including phenoxy) is 4. The predicted molar refractivity (Wildman–Crippen MR) is 129 cm³/mol. The minimum atomic E-state index is -0.644. The van der Waals surface area contributed by atoms with Crippen molar-refractivity contribution in [2.24, 2.45) is 0 Å². The summed E-state index contributed by atoms with van der Waals surface area (Å²) >= 11 is 0. The topological polar surface area (TPSA) is 73.4 Å². The van der Waals surface area contributed by atoms with E-state index < -0.39 is 11.7 Å². The van der Waals surface area contributed by atoms with Gasteiger partial charge in [-0.3, -0.25) is 9.88 Å². The zero-order valence-electron chi connectivity index (χ0n) is 20.7. The van der Waals surface area contributed by atoms with Crippen LogP contribution < -0.4 is 19.3 Å². The lowest BCUT2D eigenvalue weighted by Gasteiger charge is -2.31. The molecule has 8 heteroatoms. The van der Waals surface area contributed by atoms with Crippen LogP contribution in [-0.4, -0.2) is 57.2 Å². The third kappa shape index (κ3) is 6.07. The molecule has 1 aliphatic rings. The van der Waals surface area contributed by atoms with E-state index in [1.165, 1.54) is 0 Å². The number of aromatic nitrogens is 1. The van der Waals surface area contributed by atoms with E-state index in [0.29, 0.717) is 24.7 Å². The van der Waals surface area contributed by atoms with Crippen LogP contribution in [0.2, 0.25) is 0 Å². The van der Waals surface area contributed by atoms with Gasteiger partial charge in [0.15, 0.2) is 0 Å². The maximum absolute atomic E-state index is 13.4. The van der Waals surface area contributed by atoms with E-state index in [1.807, 2.05) is 52.8 Å². The third-order valence-electron chi connectivity index (χ3n) is 5.47. The summed E-state index contributed by atoms with van der Waals surface area (Å²) in [6, 6.07) is 5.80. The van der Waals surface area contributed by atoms with E-state index in [1.54, 1.807) is 25.3 Å². The lowest BCUT2D eigenvalue weighted by atomic mass is 10.1. The van der Waals surface area contributed by atoms with Gasteiger partial charge in [-0.1, -0.05) is 0 Å². The lowest BCUT2D eigenvalue weighted by Crippen LogP contribution is -2.38. The molecule has 0 atom stereocenters. The van der Waals surface area contributed by atoms with Gasteiger partial charge >= 0.3 is 6.09 Å². The Labute approximate surface area is 196 Å². The summed E-state index contributed by atoms with van der Waals surface area (Å²) in [5.41, 5.74) is 3.56. The molecule has 3 rings (SSSR count). The van der Waals surface area contributed by atoms with E-state index in [4.69, 9.17) is 18.9 Å². The van der Waals surface area contributed by atoms with Crippen molar-refractivity contribution >= 4 is 17.5 Å². The first-order valence-electron chi connectivity index (χ1n) is 11.1. The SMILES string of the molecule is COc1cc(N2CCOCC2)cc(N(Cc2ncc(C)c(OC)c2C)C(=O)OC(C)(C)C)c1. The quantitative estimate of drug-likeness (QED) is 0.633. The highest BCUT2D eigenvalue weighted by atomic mass is 16.6. The van der Waals surface area contributed by atoms with Crippen LogP contribution in [0.5, 0.6) is 11.5 Å². The van der Waals surface area contributed by atoms with Crippen LogP contribution in [0.3, 0.4) is 0 Å². The van der Waals surface area contributed by atoms with E-state index in [2.05, 4.69) is 9.88 Å². The maximum atomic E-state index is 13.4. The summed E-state index contributed by atoms with van der Waals surface area (Å²) in [6.07, 6.45) is 1.31. The molecule has 1 aromatic carbocycles. The van der Waals surface area contributed by atoms with Crippen LogP contribution >= 0.6 is 0 Å². The average molecular weight is 458 g/mol. The molecule has 0 radical (unpaired) electrons. The number of carbonyl (C=O) groups is 1. The number of pyridine rings is 1. The van der Waals surface area contributed by atoms with Crippen molar-refractivity contribution in [1.82, 2.24) is 4.98 Å². The van der Waals surface area contributed by atoms with Crippen LogP contribution in [0.25, 0.3) is 0 Å². The van der Waals surface area contributed by atoms with Crippen molar-refractivity contribution in [3.8, 4) is 11.5 Å². The van der Waals surface area contributed by atoms with Crippen LogP contribution in [0.15, 0.2) is 24.4 Å². The molecule has 180 valence electrons. The summed E-state index contributed by atoms with van der Waals surface area (Å²) in [5.74, 6) is 1.43. The van der Waals surface area contributed by atoms with E-state index in [0.717, 1.165) is 41.3 Å². The minimum Gasteiger partial charge on any atom is -0.497 e. The van der Waals surface area contributed by atoms with Crippen molar-refractivity contribution in [2.75, 3.05) is 50.3 Å². The molecule has 1 fully saturated rings.